The second kappa shape index (κ2) is 5.33. The Morgan fingerprint density at radius 3 is 2.50 bits per heavy atom. The average molecular weight is 324 g/mol. The van der Waals surface area contributed by atoms with Crippen molar-refractivity contribution >= 4 is 34.2 Å². The fraction of sp³-hybridized carbons (Fsp3) is 0.455. The van der Waals surface area contributed by atoms with Crippen LogP contribution < -0.4 is 5.32 Å². The molecule has 0 aromatic heterocycles. The summed E-state index contributed by atoms with van der Waals surface area (Å²) in [4.78, 5) is 0. The zero-order valence-electron chi connectivity index (χ0n) is 8.64. The molecule has 0 saturated carbocycles. The predicted octanol–water partition coefficient (Wildman–Crippen LogP) is 3.86. The molecule has 0 radical (unpaired) electrons. The van der Waals surface area contributed by atoms with Crippen molar-refractivity contribution in [2.75, 3.05) is 7.05 Å². The molecule has 0 aliphatic rings. The number of benzene rings is 1. The van der Waals surface area contributed by atoms with Crippen LogP contribution in [-0.4, -0.2) is 7.05 Å². The van der Waals surface area contributed by atoms with Crippen molar-refractivity contribution in [3.05, 3.63) is 32.4 Å². The maximum atomic E-state index is 5.99. The summed E-state index contributed by atoms with van der Waals surface area (Å²) in [5, 5.41) is 4.13. The van der Waals surface area contributed by atoms with Crippen LogP contribution in [0.5, 0.6) is 0 Å². The highest BCUT2D eigenvalue weighted by Gasteiger charge is 2.16. The largest absolute Gasteiger partial charge is 0.313 e. The first-order valence-electron chi connectivity index (χ1n) is 4.68. The number of rotatable bonds is 3. The van der Waals surface area contributed by atoms with E-state index in [1.807, 2.05) is 19.2 Å². The van der Waals surface area contributed by atoms with Crippen LogP contribution in [0.25, 0.3) is 0 Å². The molecule has 0 fully saturated rings. The van der Waals surface area contributed by atoms with Gasteiger partial charge in [0, 0.05) is 14.6 Å². The second-order valence-electron chi connectivity index (χ2n) is 3.68. The third-order valence-electron chi connectivity index (χ3n) is 2.27. The lowest BCUT2D eigenvalue weighted by molar-refractivity contribution is 0.441. The molecule has 0 bridgehead atoms. The molecule has 1 nitrogen and oxygen atoms in total. The van der Waals surface area contributed by atoms with E-state index in [1.165, 1.54) is 9.13 Å². The fourth-order valence-corrected chi connectivity index (χ4v) is 2.45. The van der Waals surface area contributed by atoms with E-state index in [2.05, 4.69) is 47.8 Å². The minimum absolute atomic E-state index is 0.376. The average Bonchev–Trinajstić information content (AvgIpc) is 2.11. The molecule has 1 unspecified atom stereocenters. The molecule has 0 spiro atoms. The van der Waals surface area contributed by atoms with Crippen LogP contribution in [0.15, 0.2) is 18.2 Å². The molecule has 0 aliphatic carbocycles. The molecule has 1 rings (SSSR count). The van der Waals surface area contributed by atoms with E-state index in [1.54, 1.807) is 0 Å². The van der Waals surface area contributed by atoms with E-state index >= 15 is 0 Å². The van der Waals surface area contributed by atoms with Crippen LogP contribution in [0.2, 0.25) is 5.02 Å². The van der Waals surface area contributed by atoms with Gasteiger partial charge in [-0.2, -0.15) is 0 Å². The lowest BCUT2D eigenvalue weighted by Gasteiger charge is -2.22. The minimum atomic E-state index is 0.376. The zero-order chi connectivity index (χ0) is 10.7. The van der Waals surface area contributed by atoms with Gasteiger partial charge in [0.1, 0.15) is 0 Å². The maximum Gasteiger partial charge on any atom is 0.0410 e. The third-order valence-corrected chi connectivity index (χ3v) is 3.49. The van der Waals surface area contributed by atoms with Crippen LogP contribution >= 0.6 is 34.2 Å². The van der Waals surface area contributed by atoms with Gasteiger partial charge >= 0.3 is 0 Å². The molecule has 1 aromatic carbocycles. The SMILES string of the molecule is CNC(c1cc(Cl)ccc1I)C(C)C. The molecule has 78 valence electrons. The van der Waals surface area contributed by atoms with Crippen molar-refractivity contribution < 1.29 is 0 Å². The molecule has 0 saturated heterocycles. The van der Waals surface area contributed by atoms with Gasteiger partial charge in [-0.15, -0.1) is 0 Å². The normalized spacial score (nSPS) is 13.3. The van der Waals surface area contributed by atoms with Gasteiger partial charge in [-0.1, -0.05) is 25.4 Å². The van der Waals surface area contributed by atoms with Crippen LogP contribution in [0.3, 0.4) is 0 Å². The summed E-state index contributed by atoms with van der Waals surface area (Å²) in [5.74, 6) is 0.562. The molecule has 0 heterocycles. The Morgan fingerprint density at radius 2 is 2.00 bits per heavy atom. The zero-order valence-corrected chi connectivity index (χ0v) is 11.6. The summed E-state index contributed by atoms with van der Waals surface area (Å²) in [6.07, 6.45) is 0. The molecular formula is C11H15ClIN. The quantitative estimate of drug-likeness (QED) is 0.833. The van der Waals surface area contributed by atoms with Crippen molar-refractivity contribution in [3.8, 4) is 0 Å². The van der Waals surface area contributed by atoms with Gasteiger partial charge in [0.15, 0.2) is 0 Å². The monoisotopic (exact) mass is 323 g/mol. The Hall–Kier alpha value is 0.200. The Bertz CT molecular complexity index is 312. The summed E-state index contributed by atoms with van der Waals surface area (Å²) in [6, 6.07) is 6.41. The molecule has 3 heteroatoms. The molecular weight excluding hydrogens is 308 g/mol. The highest BCUT2D eigenvalue weighted by Crippen LogP contribution is 2.28. The number of halogens is 2. The standard InChI is InChI=1S/C11H15ClIN/c1-7(2)11(14-3)9-6-8(12)4-5-10(9)13/h4-7,11,14H,1-3H3. The number of hydrogen-bond donors (Lipinski definition) is 1. The Balaban J connectivity index is 3.08. The summed E-state index contributed by atoms with van der Waals surface area (Å²) >= 11 is 8.34. The Labute approximate surface area is 104 Å². The summed E-state index contributed by atoms with van der Waals surface area (Å²) in [5.41, 5.74) is 1.29. The Morgan fingerprint density at radius 1 is 1.36 bits per heavy atom. The van der Waals surface area contributed by atoms with E-state index < -0.39 is 0 Å². The van der Waals surface area contributed by atoms with Crippen molar-refractivity contribution in [1.29, 1.82) is 0 Å². The van der Waals surface area contributed by atoms with Crippen LogP contribution in [0.4, 0.5) is 0 Å². The van der Waals surface area contributed by atoms with E-state index in [4.69, 9.17) is 11.6 Å². The van der Waals surface area contributed by atoms with Gasteiger partial charge in [0.25, 0.3) is 0 Å². The fourth-order valence-electron chi connectivity index (χ4n) is 1.60. The smallest absolute Gasteiger partial charge is 0.0410 e. The van der Waals surface area contributed by atoms with Crippen LogP contribution in [0.1, 0.15) is 25.5 Å². The van der Waals surface area contributed by atoms with Crippen molar-refractivity contribution in [2.45, 2.75) is 19.9 Å². The van der Waals surface area contributed by atoms with E-state index in [9.17, 15) is 0 Å². The first kappa shape index (κ1) is 12.3. The molecule has 1 aromatic rings. The topological polar surface area (TPSA) is 12.0 Å². The molecule has 1 N–H and O–H groups in total. The van der Waals surface area contributed by atoms with Gasteiger partial charge in [0.2, 0.25) is 0 Å². The molecule has 1 atom stereocenters. The summed E-state index contributed by atoms with van der Waals surface area (Å²) in [6.45, 7) is 4.41. The highest BCUT2D eigenvalue weighted by atomic mass is 127. The lowest BCUT2D eigenvalue weighted by Crippen LogP contribution is -2.22. The van der Waals surface area contributed by atoms with Crippen LogP contribution in [-0.2, 0) is 0 Å². The minimum Gasteiger partial charge on any atom is -0.313 e. The van der Waals surface area contributed by atoms with Crippen LogP contribution in [0, 0.1) is 9.49 Å². The van der Waals surface area contributed by atoms with E-state index in [-0.39, 0.29) is 0 Å². The number of hydrogen-bond acceptors (Lipinski definition) is 1. The number of nitrogens with one attached hydrogen (secondary N) is 1. The second-order valence-corrected chi connectivity index (χ2v) is 5.27. The summed E-state index contributed by atoms with van der Waals surface area (Å²) in [7, 11) is 1.99. The maximum absolute atomic E-state index is 5.99. The first-order chi connectivity index (χ1) is 6.56. The molecule has 0 aliphatic heterocycles. The molecule has 14 heavy (non-hydrogen) atoms. The lowest BCUT2D eigenvalue weighted by atomic mass is 9.96. The Kier molecular flexibility index (Phi) is 4.67. The molecule has 0 amide bonds. The predicted molar refractivity (Wildman–Crippen MR) is 70.8 cm³/mol. The first-order valence-corrected chi connectivity index (χ1v) is 6.14. The van der Waals surface area contributed by atoms with E-state index in [0.29, 0.717) is 12.0 Å². The van der Waals surface area contributed by atoms with Crippen molar-refractivity contribution in [3.63, 3.8) is 0 Å². The van der Waals surface area contributed by atoms with E-state index in [0.717, 1.165) is 5.02 Å². The highest BCUT2D eigenvalue weighted by molar-refractivity contribution is 14.1. The van der Waals surface area contributed by atoms with Gasteiger partial charge in [-0.25, -0.2) is 0 Å². The van der Waals surface area contributed by atoms with Crippen molar-refractivity contribution in [1.82, 2.24) is 5.32 Å². The van der Waals surface area contributed by atoms with Gasteiger partial charge in [-0.05, 0) is 59.3 Å². The van der Waals surface area contributed by atoms with Gasteiger partial charge in [0.05, 0.1) is 0 Å². The van der Waals surface area contributed by atoms with Gasteiger partial charge in [-0.3, -0.25) is 0 Å². The van der Waals surface area contributed by atoms with Crippen molar-refractivity contribution in [2.24, 2.45) is 5.92 Å². The summed E-state index contributed by atoms with van der Waals surface area (Å²) < 4.78 is 1.26. The third kappa shape index (κ3) is 2.84. The van der Waals surface area contributed by atoms with Gasteiger partial charge < -0.3 is 5.32 Å².